The van der Waals surface area contributed by atoms with Crippen molar-refractivity contribution in [3.63, 3.8) is 0 Å². The Balaban J connectivity index is 1.43. The van der Waals surface area contributed by atoms with Crippen LogP contribution in [0.5, 0.6) is 5.75 Å². The topological polar surface area (TPSA) is 79.0 Å². The Bertz CT molecular complexity index is 1400. The minimum Gasteiger partial charge on any atom is -0.494 e. The first-order valence-corrected chi connectivity index (χ1v) is 13.1. The number of imide groups is 1. The molecule has 0 aromatic heterocycles. The number of amides is 3. The Kier molecular flexibility index (Phi) is 4.68. The highest BCUT2D eigenvalue weighted by molar-refractivity contribution is 6.39. The number of nitrogens with zero attached hydrogens (tertiary/aromatic N) is 2. The molecule has 3 amide bonds. The number of halogens is 4. The van der Waals surface area contributed by atoms with E-state index in [1.165, 1.54) is 19.2 Å². The number of ether oxygens (including phenoxy) is 1. The second-order valence-electron chi connectivity index (χ2n) is 10.4. The molecule has 2 aromatic rings. The molecule has 2 aromatic carbocycles. The average molecular weight is 567 g/mol. The van der Waals surface area contributed by atoms with Crippen LogP contribution in [0, 0.1) is 17.3 Å². The van der Waals surface area contributed by atoms with Crippen molar-refractivity contribution in [3.05, 3.63) is 49.9 Å². The zero-order valence-corrected chi connectivity index (χ0v) is 21.9. The number of rotatable bonds is 2. The summed E-state index contributed by atoms with van der Waals surface area (Å²) in [4.78, 5) is 45.3. The quantitative estimate of drug-likeness (QED) is 0.510. The van der Waals surface area contributed by atoms with Crippen LogP contribution in [-0.2, 0) is 19.9 Å². The zero-order chi connectivity index (χ0) is 25.3. The molecule has 36 heavy (non-hydrogen) atoms. The van der Waals surface area contributed by atoms with E-state index >= 15 is 0 Å². The summed E-state index contributed by atoms with van der Waals surface area (Å²) in [6.45, 7) is 0.641. The van der Waals surface area contributed by atoms with Gasteiger partial charge < -0.3 is 10.1 Å². The smallest absolute Gasteiger partial charge is 0.250 e. The van der Waals surface area contributed by atoms with Crippen LogP contribution < -0.4 is 15.0 Å². The predicted molar refractivity (Wildman–Crippen MR) is 136 cm³/mol. The van der Waals surface area contributed by atoms with Crippen molar-refractivity contribution in [2.75, 3.05) is 23.9 Å². The van der Waals surface area contributed by atoms with Gasteiger partial charge in [-0.15, -0.1) is 0 Å². The summed E-state index contributed by atoms with van der Waals surface area (Å²) >= 11 is 25.6. The van der Waals surface area contributed by atoms with Crippen molar-refractivity contribution >= 4 is 75.5 Å². The summed E-state index contributed by atoms with van der Waals surface area (Å²) in [7, 11) is 1.43. The molecule has 1 saturated carbocycles. The molecular weight excluding hydrogens is 548 g/mol. The van der Waals surface area contributed by atoms with Gasteiger partial charge in [0, 0.05) is 23.2 Å². The van der Waals surface area contributed by atoms with Crippen LogP contribution in [0.3, 0.4) is 0 Å². The van der Waals surface area contributed by atoms with Gasteiger partial charge in [0.1, 0.15) is 5.54 Å². The summed E-state index contributed by atoms with van der Waals surface area (Å²) in [5, 5.41) is 3.92. The Morgan fingerprint density at radius 1 is 0.972 bits per heavy atom. The number of methoxy groups -OCH3 is 1. The molecule has 4 atom stereocenters. The van der Waals surface area contributed by atoms with E-state index in [1.54, 1.807) is 12.1 Å². The molecule has 4 unspecified atom stereocenters. The fraction of sp³-hybridized carbons (Fsp3) is 0.400. The van der Waals surface area contributed by atoms with Crippen LogP contribution in [0.15, 0.2) is 24.3 Å². The molecule has 7 nitrogen and oxygen atoms in total. The molecule has 4 aliphatic heterocycles. The first-order valence-electron chi connectivity index (χ1n) is 11.6. The van der Waals surface area contributed by atoms with Crippen molar-refractivity contribution in [2.24, 2.45) is 17.3 Å². The van der Waals surface area contributed by atoms with E-state index < -0.39 is 23.3 Å². The summed E-state index contributed by atoms with van der Waals surface area (Å²) in [5.74, 6) is -2.58. The van der Waals surface area contributed by atoms with E-state index in [1.807, 2.05) is 0 Å². The fourth-order valence-corrected chi connectivity index (χ4v) is 8.26. The highest BCUT2D eigenvalue weighted by Crippen LogP contribution is 2.68. The van der Waals surface area contributed by atoms with Crippen LogP contribution in [0.4, 0.5) is 11.4 Å². The lowest BCUT2D eigenvalue weighted by molar-refractivity contribution is -0.135. The van der Waals surface area contributed by atoms with Gasteiger partial charge in [-0.2, -0.15) is 0 Å². The lowest BCUT2D eigenvalue weighted by Crippen LogP contribution is -2.54. The number of hydrogen-bond acceptors (Lipinski definition) is 5. The molecule has 1 N–H and O–H groups in total. The number of carbonyl (C=O) groups is 3. The second-order valence-corrected chi connectivity index (χ2v) is 12.0. The molecule has 2 spiro atoms. The largest absolute Gasteiger partial charge is 0.494 e. The summed E-state index contributed by atoms with van der Waals surface area (Å²) in [6, 6.07) is 5.96. The van der Waals surface area contributed by atoms with E-state index in [2.05, 4.69) is 10.2 Å². The van der Waals surface area contributed by atoms with Crippen molar-refractivity contribution in [2.45, 2.75) is 30.8 Å². The highest BCUT2D eigenvalue weighted by Gasteiger charge is 2.77. The normalized spacial score (nSPS) is 31.3. The Hall–Kier alpha value is -2.03. The third kappa shape index (κ3) is 2.68. The maximum absolute atomic E-state index is 14.2. The molecule has 0 bridgehead atoms. The van der Waals surface area contributed by atoms with Crippen molar-refractivity contribution in [1.82, 2.24) is 4.90 Å². The van der Waals surface area contributed by atoms with E-state index in [0.29, 0.717) is 27.8 Å². The molecule has 7 rings (SSSR count). The van der Waals surface area contributed by atoms with Crippen molar-refractivity contribution in [1.29, 1.82) is 0 Å². The minimum atomic E-state index is -1.38. The highest BCUT2D eigenvalue weighted by atomic mass is 35.5. The number of nitrogens with one attached hydrogen (secondary N) is 1. The van der Waals surface area contributed by atoms with E-state index in [0.717, 1.165) is 24.2 Å². The van der Waals surface area contributed by atoms with Crippen LogP contribution >= 0.6 is 46.4 Å². The lowest BCUT2D eigenvalue weighted by atomic mass is 9.74. The second kappa shape index (κ2) is 7.29. The number of hydrogen-bond donors (Lipinski definition) is 1. The molecule has 11 heteroatoms. The van der Waals surface area contributed by atoms with Crippen LogP contribution in [0.25, 0.3) is 0 Å². The van der Waals surface area contributed by atoms with Gasteiger partial charge in [-0.1, -0.05) is 46.4 Å². The average Bonchev–Trinajstić information content (AvgIpc) is 3.10. The van der Waals surface area contributed by atoms with Crippen molar-refractivity contribution < 1.29 is 19.1 Å². The van der Waals surface area contributed by atoms with Gasteiger partial charge in [0.15, 0.2) is 5.75 Å². The van der Waals surface area contributed by atoms with E-state index in [-0.39, 0.29) is 44.8 Å². The Labute approximate surface area is 226 Å². The minimum absolute atomic E-state index is 0.0670. The number of anilines is 2. The fourth-order valence-electron chi connectivity index (χ4n) is 7.09. The molecule has 4 fully saturated rings. The molecular formula is C25H19Cl4N3O4. The standard InChI is InChI=1S/C25H19Cl4N3O4/c1-36-20-14(28)6-11(7-15(20)29)32-21(33)17-16-8-24(2-3-24)9-31(16)25(18(17)22(32)34)12-4-10(26)5-13(27)19(12)30-23(25)35/h4-7,16-18H,2-3,8-9H2,1H3,(H,30,35). The van der Waals surface area contributed by atoms with Crippen molar-refractivity contribution in [3.8, 4) is 5.75 Å². The third-order valence-electron chi connectivity index (χ3n) is 8.67. The summed E-state index contributed by atoms with van der Waals surface area (Å²) in [5.41, 5.74) is -0.0751. The van der Waals surface area contributed by atoms with Crippen LogP contribution in [0.2, 0.25) is 20.1 Å². The monoisotopic (exact) mass is 565 g/mol. The molecule has 1 aliphatic carbocycles. The van der Waals surface area contributed by atoms with E-state index in [9.17, 15) is 14.4 Å². The van der Waals surface area contributed by atoms with Gasteiger partial charge in [-0.05, 0) is 48.9 Å². The SMILES string of the molecule is COc1c(Cl)cc(N2C(=O)C3C4CC5(CC5)CN4C4(C(=O)Nc5c(Cl)cc(Cl)cc54)C3C2=O)cc1Cl. The van der Waals surface area contributed by atoms with Gasteiger partial charge >= 0.3 is 0 Å². The number of carbonyl (C=O) groups excluding carboxylic acids is 3. The molecule has 3 saturated heterocycles. The molecule has 5 aliphatic rings. The first-order chi connectivity index (χ1) is 17.1. The van der Waals surface area contributed by atoms with Gasteiger partial charge in [0.25, 0.3) is 5.91 Å². The maximum Gasteiger partial charge on any atom is 0.250 e. The maximum atomic E-state index is 14.2. The predicted octanol–water partition coefficient (Wildman–Crippen LogP) is 5.13. The van der Waals surface area contributed by atoms with Gasteiger partial charge in [-0.25, -0.2) is 4.90 Å². The molecule has 0 radical (unpaired) electrons. The molecule has 4 heterocycles. The summed E-state index contributed by atoms with van der Waals surface area (Å²) in [6.07, 6.45) is 2.82. The Morgan fingerprint density at radius 2 is 1.67 bits per heavy atom. The Morgan fingerprint density at radius 3 is 2.31 bits per heavy atom. The third-order valence-corrected chi connectivity index (χ3v) is 9.75. The van der Waals surface area contributed by atoms with E-state index in [4.69, 9.17) is 51.1 Å². The van der Waals surface area contributed by atoms with Gasteiger partial charge in [0.2, 0.25) is 11.8 Å². The summed E-state index contributed by atoms with van der Waals surface area (Å²) < 4.78 is 5.22. The van der Waals surface area contributed by atoms with Crippen LogP contribution in [-0.4, -0.2) is 42.3 Å². The van der Waals surface area contributed by atoms with Gasteiger partial charge in [-0.3, -0.25) is 19.3 Å². The zero-order valence-electron chi connectivity index (χ0n) is 18.9. The van der Waals surface area contributed by atoms with Crippen LogP contribution in [0.1, 0.15) is 24.8 Å². The van der Waals surface area contributed by atoms with Gasteiger partial charge in [0.05, 0.1) is 45.4 Å². The lowest BCUT2D eigenvalue weighted by Gasteiger charge is -2.37. The number of fused-ring (bicyclic) bond motifs is 7. The molecule has 186 valence electrons. The number of benzene rings is 2. The first kappa shape index (κ1) is 23.1.